The van der Waals surface area contributed by atoms with E-state index in [1.165, 1.54) is 12.1 Å². The molecule has 2 atom stereocenters. The molecule has 0 bridgehead atoms. The third-order valence-electron chi connectivity index (χ3n) is 5.11. The summed E-state index contributed by atoms with van der Waals surface area (Å²) in [6, 6.07) is 5.07. The quantitative estimate of drug-likeness (QED) is 0.281. The van der Waals surface area contributed by atoms with Gasteiger partial charge in [0.05, 0.1) is 11.7 Å². The molecular weight excluding hydrogens is 409 g/mol. The predicted molar refractivity (Wildman–Crippen MR) is 111 cm³/mol. The number of aliphatic hydroxyl groups excluding tert-OH is 1. The molecule has 4 nitrogen and oxygen atoms in total. The molecule has 1 aliphatic carbocycles. The number of rotatable bonds is 11. The zero-order chi connectivity index (χ0) is 22.9. The highest BCUT2D eigenvalue weighted by Gasteiger charge is 2.30. The molecule has 2 rings (SSSR count). The van der Waals surface area contributed by atoms with Crippen LogP contribution in [0.3, 0.4) is 0 Å². The van der Waals surface area contributed by atoms with E-state index >= 15 is 0 Å². The number of carbonyl (C=O) groups is 2. The number of benzene rings is 1. The van der Waals surface area contributed by atoms with Gasteiger partial charge in [0, 0.05) is 17.9 Å². The monoisotopic (exact) mass is 436 g/mol. The summed E-state index contributed by atoms with van der Waals surface area (Å²) < 4.78 is 38.4. The summed E-state index contributed by atoms with van der Waals surface area (Å²) in [7, 11) is 0. The van der Waals surface area contributed by atoms with E-state index in [4.69, 9.17) is 5.11 Å². The molecule has 0 heterocycles. The SMILES string of the molecule is O=C(O)CCC/C=C\C[C@H]1C=CC(=O)/C1=C/C[C@@H](O)CCc1cccc(C(F)(F)F)c1. The van der Waals surface area contributed by atoms with Gasteiger partial charge in [0.15, 0.2) is 5.78 Å². The van der Waals surface area contributed by atoms with E-state index < -0.39 is 23.8 Å². The first-order valence-corrected chi connectivity index (χ1v) is 10.3. The topological polar surface area (TPSA) is 74.6 Å². The Hall–Kier alpha value is -2.67. The van der Waals surface area contributed by atoms with Crippen LogP contribution in [-0.4, -0.2) is 28.1 Å². The minimum atomic E-state index is -4.39. The highest BCUT2D eigenvalue weighted by Crippen LogP contribution is 2.30. The van der Waals surface area contributed by atoms with Crippen molar-refractivity contribution in [2.45, 2.75) is 57.2 Å². The Balaban J connectivity index is 1.83. The third kappa shape index (κ3) is 8.53. The van der Waals surface area contributed by atoms with Crippen molar-refractivity contribution in [1.82, 2.24) is 0 Å². The van der Waals surface area contributed by atoms with Crippen LogP contribution < -0.4 is 0 Å². The molecule has 7 heteroatoms. The first-order chi connectivity index (χ1) is 14.7. The fourth-order valence-corrected chi connectivity index (χ4v) is 3.39. The number of carboxylic acid groups (broad SMARTS) is 1. The first kappa shape index (κ1) is 24.6. The molecule has 31 heavy (non-hydrogen) atoms. The molecule has 1 aromatic rings. The number of aryl methyl sites for hydroxylation is 1. The lowest BCUT2D eigenvalue weighted by Crippen LogP contribution is -2.10. The van der Waals surface area contributed by atoms with E-state index in [2.05, 4.69) is 0 Å². The van der Waals surface area contributed by atoms with E-state index in [0.717, 1.165) is 12.1 Å². The molecule has 0 aliphatic heterocycles. The molecule has 0 saturated carbocycles. The molecule has 0 spiro atoms. The fourth-order valence-electron chi connectivity index (χ4n) is 3.39. The minimum absolute atomic E-state index is 0.0844. The number of alkyl halides is 3. The van der Waals surface area contributed by atoms with Crippen molar-refractivity contribution in [1.29, 1.82) is 0 Å². The summed E-state index contributed by atoms with van der Waals surface area (Å²) in [6.07, 6.45) is 6.50. The molecule has 0 saturated heterocycles. The van der Waals surface area contributed by atoms with Crippen LogP contribution in [0.15, 0.2) is 60.2 Å². The molecule has 0 aromatic heterocycles. The van der Waals surface area contributed by atoms with Crippen molar-refractivity contribution in [3.05, 3.63) is 71.3 Å². The summed E-state index contributed by atoms with van der Waals surface area (Å²) in [5, 5.41) is 18.8. The lowest BCUT2D eigenvalue weighted by Gasteiger charge is -2.12. The van der Waals surface area contributed by atoms with Crippen LogP contribution in [0.25, 0.3) is 0 Å². The minimum Gasteiger partial charge on any atom is -0.481 e. The summed E-state index contributed by atoms with van der Waals surface area (Å²) in [5.41, 5.74) is 0.405. The second-order valence-corrected chi connectivity index (χ2v) is 7.61. The zero-order valence-electron chi connectivity index (χ0n) is 17.1. The van der Waals surface area contributed by atoms with Crippen LogP contribution in [0, 0.1) is 5.92 Å². The summed E-state index contributed by atoms with van der Waals surface area (Å²) in [5.74, 6) is -1.01. The number of ketones is 1. The van der Waals surface area contributed by atoms with Gasteiger partial charge in [-0.05, 0) is 56.2 Å². The number of aliphatic carboxylic acids is 1. The van der Waals surface area contributed by atoms with Crippen molar-refractivity contribution < 1.29 is 33.0 Å². The molecule has 0 fully saturated rings. The average molecular weight is 436 g/mol. The van der Waals surface area contributed by atoms with Crippen molar-refractivity contribution in [3.8, 4) is 0 Å². The maximum atomic E-state index is 12.8. The third-order valence-corrected chi connectivity index (χ3v) is 5.11. The molecular formula is C24H27F3O4. The molecule has 168 valence electrons. The highest BCUT2D eigenvalue weighted by molar-refractivity contribution is 6.07. The van der Waals surface area contributed by atoms with Gasteiger partial charge in [-0.15, -0.1) is 0 Å². The van der Waals surface area contributed by atoms with Crippen LogP contribution in [0.2, 0.25) is 0 Å². The van der Waals surface area contributed by atoms with Gasteiger partial charge in [-0.2, -0.15) is 13.2 Å². The van der Waals surface area contributed by atoms with Crippen LogP contribution in [0.4, 0.5) is 13.2 Å². The van der Waals surface area contributed by atoms with Gasteiger partial charge in [0.2, 0.25) is 0 Å². The maximum Gasteiger partial charge on any atom is 0.416 e. The number of unbranched alkanes of at least 4 members (excludes halogenated alkanes) is 1. The van der Waals surface area contributed by atoms with Gasteiger partial charge in [0.1, 0.15) is 0 Å². The maximum absolute atomic E-state index is 12.8. The largest absolute Gasteiger partial charge is 0.481 e. The van der Waals surface area contributed by atoms with Crippen LogP contribution >= 0.6 is 0 Å². The van der Waals surface area contributed by atoms with Crippen molar-refractivity contribution in [2.24, 2.45) is 5.92 Å². The lowest BCUT2D eigenvalue weighted by molar-refractivity contribution is -0.138. The van der Waals surface area contributed by atoms with Gasteiger partial charge in [-0.1, -0.05) is 42.5 Å². The number of halogens is 3. The Bertz CT molecular complexity index is 853. The highest BCUT2D eigenvalue weighted by atomic mass is 19.4. The van der Waals surface area contributed by atoms with Gasteiger partial charge in [-0.3, -0.25) is 9.59 Å². The number of carboxylic acids is 1. The molecule has 1 aromatic carbocycles. The first-order valence-electron chi connectivity index (χ1n) is 10.3. The fraction of sp³-hybridized carbons (Fsp3) is 0.417. The van der Waals surface area contributed by atoms with Crippen LogP contribution in [0.5, 0.6) is 0 Å². The van der Waals surface area contributed by atoms with Crippen molar-refractivity contribution in [3.63, 3.8) is 0 Å². The summed E-state index contributed by atoms with van der Waals surface area (Å²) in [6.45, 7) is 0. The standard InChI is InChI=1S/C24H27F3O4/c25-24(26,27)19-8-5-6-17(16-19)10-12-20(28)13-14-21-18(11-15-22(21)29)7-3-1-2-4-9-23(30)31/h1,3,5-6,8,11,14-16,18,20,28H,2,4,7,9-10,12-13H2,(H,30,31)/b3-1-,21-14+/t18-,20-/m0/s1. The van der Waals surface area contributed by atoms with Crippen molar-refractivity contribution in [2.75, 3.05) is 0 Å². The van der Waals surface area contributed by atoms with E-state index in [9.17, 15) is 27.9 Å². The van der Waals surface area contributed by atoms with Gasteiger partial charge >= 0.3 is 12.1 Å². The van der Waals surface area contributed by atoms with E-state index in [-0.39, 0.29) is 24.5 Å². The number of hydrogen-bond donors (Lipinski definition) is 2. The molecule has 0 radical (unpaired) electrons. The number of carbonyl (C=O) groups excluding carboxylic acids is 1. The van der Waals surface area contributed by atoms with Crippen molar-refractivity contribution >= 4 is 11.8 Å². The Morgan fingerprint density at radius 3 is 2.71 bits per heavy atom. The van der Waals surface area contributed by atoms with E-state index in [0.29, 0.717) is 43.2 Å². The summed E-state index contributed by atoms with van der Waals surface area (Å²) in [4.78, 5) is 22.6. The normalized spacial score (nSPS) is 18.9. The molecule has 1 aliphatic rings. The van der Waals surface area contributed by atoms with Gasteiger partial charge in [-0.25, -0.2) is 0 Å². The van der Waals surface area contributed by atoms with Gasteiger partial charge in [0.25, 0.3) is 0 Å². The Kier molecular flexibility index (Phi) is 9.24. The van der Waals surface area contributed by atoms with Gasteiger partial charge < -0.3 is 10.2 Å². The Labute approximate surface area is 179 Å². The van der Waals surface area contributed by atoms with Crippen LogP contribution in [-0.2, 0) is 22.2 Å². The lowest BCUT2D eigenvalue weighted by atomic mass is 9.95. The van der Waals surface area contributed by atoms with E-state index in [1.54, 1.807) is 12.1 Å². The second-order valence-electron chi connectivity index (χ2n) is 7.61. The summed E-state index contributed by atoms with van der Waals surface area (Å²) >= 11 is 0. The Morgan fingerprint density at radius 2 is 2.00 bits per heavy atom. The van der Waals surface area contributed by atoms with Crippen LogP contribution in [0.1, 0.15) is 49.7 Å². The zero-order valence-corrected chi connectivity index (χ0v) is 17.1. The second kappa shape index (κ2) is 11.6. The number of hydrogen-bond acceptors (Lipinski definition) is 3. The predicted octanol–water partition coefficient (Wildman–Crippen LogP) is 5.27. The molecule has 0 unspecified atom stereocenters. The molecule has 0 amide bonds. The number of allylic oxidation sites excluding steroid dienone is 5. The average Bonchev–Trinajstić information content (AvgIpc) is 3.06. The van der Waals surface area contributed by atoms with E-state index in [1.807, 2.05) is 18.2 Å². The smallest absolute Gasteiger partial charge is 0.416 e. The molecule has 2 N–H and O–H groups in total. The Morgan fingerprint density at radius 1 is 1.23 bits per heavy atom. The number of aliphatic hydroxyl groups is 1.